The lowest BCUT2D eigenvalue weighted by Gasteiger charge is -2.28. The van der Waals surface area contributed by atoms with Gasteiger partial charge < -0.3 is 19.3 Å². The molecule has 1 unspecified atom stereocenters. The number of hydrogen-bond acceptors (Lipinski definition) is 5. The summed E-state index contributed by atoms with van der Waals surface area (Å²) in [7, 11) is 4.96. The van der Waals surface area contributed by atoms with Gasteiger partial charge in [0.25, 0.3) is 0 Å². The van der Waals surface area contributed by atoms with Gasteiger partial charge in [-0.2, -0.15) is 0 Å². The standard InChI is InChI=1S/C15H25NO4/c1-12(11-19-3)16(7-8-18-2)10-13-5-6-14(20-4)9-15(13)17/h5-6,9,12,17H,7-8,10-11H2,1-4H3. The first-order chi connectivity index (χ1) is 9.62. The molecular weight excluding hydrogens is 258 g/mol. The lowest BCUT2D eigenvalue weighted by atomic mass is 10.1. The highest BCUT2D eigenvalue weighted by Crippen LogP contribution is 2.25. The maximum absolute atomic E-state index is 10.0. The van der Waals surface area contributed by atoms with E-state index in [0.29, 0.717) is 25.5 Å². The van der Waals surface area contributed by atoms with E-state index in [9.17, 15) is 5.11 Å². The second kappa shape index (κ2) is 8.79. The van der Waals surface area contributed by atoms with Gasteiger partial charge in [-0.1, -0.05) is 6.07 Å². The Morgan fingerprint density at radius 1 is 1.20 bits per heavy atom. The Morgan fingerprint density at radius 2 is 1.95 bits per heavy atom. The summed E-state index contributed by atoms with van der Waals surface area (Å²) in [6.45, 7) is 4.81. The molecule has 1 atom stereocenters. The Hall–Kier alpha value is -1.30. The quantitative estimate of drug-likeness (QED) is 0.750. The van der Waals surface area contributed by atoms with Crippen molar-refractivity contribution in [2.75, 3.05) is 41.1 Å². The summed E-state index contributed by atoms with van der Waals surface area (Å²) >= 11 is 0. The number of phenolic OH excluding ortho intramolecular Hbond substituents is 1. The molecule has 5 nitrogen and oxygen atoms in total. The van der Waals surface area contributed by atoms with Gasteiger partial charge in [-0.3, -0.25) is 4.90 Å². The highest BCUT2D eigenvalue weighted by atomic mass is 16.5. The Morgan fingerprint density at radius 3 is 2.50 bits per heavy atom. The van der Waals surface area contributed by atoms with Crippen LogP contribution in [0.1, 0.15) is 12.5 Å². The molecule has 0 spiro atoms. The molecule has 0 saturated heterocycles. The van der Waals surface area contributed by atoms with Gasteiger partial charge in [-0.25, -0.2) is 0 Å². The van der Waals surface area contributed by atoms with Gasteiger partial charge in [0.1, 0.15) is 11.5 Å². The van der Waals surface area contributed by atoms with E-state index in [4.69, 9.17) is 14.2 Å². The first kappa shape index (κ1) is 16.8. The van der Waals surface area contributed by atoms with Crippen molar-refractivity contribution in [3.05, 3.63) is 23.8 Å². The van der Waals surface area contributed by atoms with E-state index in [2.05, 4.69) is 11.8 Å². The Kier molecular flexibility index (Phi) is 7.36. The van der Waals surface area contributed by atoms with Crippen molar-refractivity contribution in [3.8, 4) is 11.5 Å². The zero-order valence-electron chi connectivity index (χ0n) is 12.8. The number of phenols is 1. The molecule has 0 amide bonds. The van der Waals surface area contributed by atoms with E-state index in [0.717, 1.165) is 12.1 Å². The van der Waals surface area contributed by atoms with Crippen LogP contribution in [0.2, 0.25) is 0 Å². The van der Waals surface area contributed by atoms with Crippen LogP contribution < -0.4 is 4.74 Å². The number of aromatic hydroxyl groups is 1. The van der Waals surface area contributed by atoms with Crippen LogP contribution in [0.5, 0.6) is 11.5 Å². The first-order valence-electron chi connectivity index (χ1n) is 6.70. The average molecular weight is 283 g/mol. The molecule has 1 N–H and O–H groups in total. The van der Waals surface area contributed by atoms with Crippen LogP contribution >= 0.6 is 0 Å². The highest BCUT2D eigenvalue weighted by molar-refractivity contribution is 5.39. The highest BCUT2D eigenvalue weighted by Gasteiger charge is 2.16. The van der Waals surface area contributed by atoms with Gasteiger partial charge in [0.05, 0.1) is 20.3 Å². The van der Waals surface area contributed by atoms with Crippen molar-refractivity contribution < 1.29 is 19.3 Å². The molecule has 20 heavy (non-hydrogen) atoms. The summed E-state index contributed by atoms with van der Waals surface area (Å²) < 4.78 is 15.4. The minimum Gasteiger partial charge on any atom is -0.507 e. The fourth-order valence-electron chi connectivity index (χ4n) is 2.03. The molecule has 0 aliphatic heterocycles. The predicted octanol–water partition coefficient (Wildman–Crippen LogP) is 1.88. The smallest absolute Gasteiger partial charge is 0.123 e. The topological polar surface area (TPSA) is 51.2 Å². The van der Waals surface area contributed by atoms with Crippen LogP contribution in [0.3, 0.4) is 0 Å². The minimum atomic E-state index is 0.247. The van der Waals surface area contributed by atoms with Crippen LogP contribution in [0, 0.1) is 0 Å². The van der Waals surface area contributed by atoms with Crippen molar-refractivity contribution in [3.63, 3.8) is 0 Å². The van der Waals surface area contributed by atoms with Crippen LogP contribution in [-0.2, 0) is 16.0 Å². The molecule has 0 aliphatic rings. The van der Waals surface area contributed by atoms with Gasteiger partial charge in [0.15, 0.2) is 0 Å². The molecule has 5 heteroatoms. The van der Waals surface area contributed by atoms with Crippen molar-refractivity contribution in [1.82, 2.24) is 4.90 Å². The molecule has 0 aromatic heterocycles. The van der Waals surface area contributed by atoms with Gasteiger partial charge in [0, 0.05) is 45.0 Å². The monoisotopic (exact) mass is 283 g/mol. The van der Waals surface area contributed by atoms with Gasteiger partial charge in [-0.15, -0.1) is 0 Å². The van der Waals surface area contributed by atoms with Gasteiger partial charge in [-0.05, 0) is 13.0 Å². The molecule has 0 aliphatic carbocycles. The molecule has 0 radical (unpaired) electrons. The molecule has 1 aromatic rings. The largest absolute Gasteiger partial charge is 0.507 e. The molecular formula is C15H25NO4. The fourth-order valence-corrected chi connectivity index (χ4v) is 2.03. The zero-order valence-corrected chi connectivity index (χ0v) is 12.8. The van der Waals surface area contributed by atoms with Crippen molar-refractivity contribution >= 4 is 0 Å². The molecule has 0 fully saturated rings. The summed E-state index contributed by atoms with van der Waals surface area (Å²) in [5, 5.41) is 10.0. The second-order valence-electron chi connectivity index (χ2n) is 4.76. The molecule has 1 rings (SSSR count). The van der Waals surface area contributed by atoms with E-state index in [-0.39, 0.29) is 11.8 Å². The third kappa shape index (κ3) is 5.00. The van der Waals surface area contributed by atoms with Crippen molar-refractivity contribution in [2.45, 2.75) is 19.5 Å². The van der Waals surface area contributed by atoms with Crippen LogP contribution in [0.15, 0.2) is 18.2 Å². The SMILES string of the molecule is COCCN(Cc1ccc(OC)cc1O)C(C)COC. The lowest BCUT2D eigenvalue weighted by molar-refractivity contribution is 0.0700. The third-order valence-electron chi connectivity index (χ3n) is 3.28. The summed E-state index contributed by atoms with van der Waals surface area (Å²) in [6, 6.07) is 5.61. The summed E-state index contributed by atoms with van der Waals surface area (Å²) in [6.07, 6.45) is 0. The Bertz CT molecular complexity index is 397. The predicted molar refractivity (Wildman–Crippen MR) is 78.3 cm³/mol. The zero-order chi connectivity index (χ0) is 15.0. The number of methoxy groups -OCH3 is 3. The summed E-state index contributed by atoms with van der Waals surface area (Å²) in [5.41, 5.74) is 0.866. The van der Waals surface area contributed by atoms with E-state index in [1.54, 1.807) is 27.4 Å². The molecule has 114 valence electrons. The van der Waals surface area contributed by atoms with E-state index < -0.39 is 0 Å². The first-order valence-corrected chi connectivity index (χ1v) is 6.70. The second-order valence-corrected chi connectivity index (χ2v) is 4.76. The molecule has 1 aromatic carbocycles. The van der Waals surface area contributed by atoms with Gasteiger partial charge >= 0.3 is 0 Å². The summed E-state index contributed by atoms with van der Waals surface area (Å²) in [5.74, 6) is 0.899. The van der Waals surface area contributed by atoms with E-state index >= 15 is 0 Å². The summed E-state index contributed by atoms with van der Waals surface area (Å²) in [4.78, 5) is 2.22. The van der Waals surface area contributed by atoms with E-state index in [1.165, 1.54) is 0 Å². The number of rotatable bonds is 9. The average Bonchev–Trinajstić information content (AvgIpc) is 2.45. The maximum atomic E-state index is 10.0. The number of hydrogen-bond donors (Lipinski definition) is 1. The van der Waals surface area contributed by atoms with Gasteiger partial charge in [0.2, 0.25) is 0 Å². The van der Waals surface area contributed by atoms with Crippen LogP contribution in [0.25, 0.3) is 0 Å². The normalized spacial score (nSPS) is 12.7. The Labute approximate surface area is 121 Å². The van der Waals surface area contributed by atoms with Crippen molar-refractivity contribution in [1.29, 1.82) is 0 Å². The maximum Gasteiger partial charge on any atom is 0.123 e. The van der Waals surface area contributed by atoms with Crippen molar-refractivity contribution in [2.24, 2.45) is 0 Å². The van der Waals surface area contributed by atoms with Crippen LogP contribution in [0.4, 0.5) is 0 Å². The molecule has 0 saturated carbocycles. The number of ether oxygens (including phenoxy) is 3. The number of nitrogens with zero attached hydrogens (tertiary/aromatic N) is 1. The lowest BCUT2D eigenvalue weighted by Crippen LogP contribution is -2.38. The molecule has 0 heterocycles. The number of benzene rings is 1. The molecule has 0 bridgehead atoms. The Balaban J connectivity index is 2.77. The third-order valence-corrected chi connectivity index (χ3v) is 3.28. The van der Waals surface area contributed by atoms with E-state index in [1.807, 2.05) is 12.1 Å². The fraction of sp³-hybridized carbons (Fsp3) is 0.600. The minimum absolute atomic E-state index is 0.247. The van der Waals surface area contributed by atoms with Crippen LogP contribution in [-0.4, -0.2) is 57.1 Å².